The van der Waals surface area contributed by atoms with Gasteiger partial charge in [0.25, 0.3) is 10.0 Å². The summed E-state index contributed by atoms with van der Waals surface area (Å²) in [6.45, 7) is 3.65. The van der Waals surface area contributed by atoms with E-state index in [0.717, 1.165) is 11.1 Å². The lowest BCUT2D eigenvalue weighted by atomic mass is 10.1. The average Bonchev–Trinajstić information content (AvgIpc) is 2.70. The molecule has 0 bridgehead atoms. The fourth-order valence-corrected chi connectivity index (χ4v) is 5.16. The van der Waals surface area contributed by atoms with E-state index in [4.69, 9.17) is 27.9 Å². The van der Waals surface area contributed by atoms with Crippen LogP contribution < -0.4 is 9.04 Å². The van der Waals surface area contributed by atoms with Crippen LogP contribution in [0.3, 0.4) is 0 Å². The zero-order valence-corrected chi connectivity index (χ0v) is 18.6. The van der Waals surface area contributed by atoms with Crippen LogP contribution >= 0.6 is 23.2 Å². The number of methoxy groups -OCH3 is 1. The molecular weight excluding hydrogens is 429 g/mol. The summed E-state index contributed by atoms with van der Waals surface area (Å²) in [5, 5.41) is 0.841. The molecule has 0 amide bonds. The highest BCUT2D eigenvalue weighted by Gasteiger charge is 2.31. The van der Waals surface area contributed by atoms with Crippen molar-refractivity contribution in [3.63, 3.8) is 0 Å². The van der Waals surface area contributed by atoms with Crippen LogP contribution in [-0.2, 0) is 10.0 Å². The summed E-state index contributed by atoms with van der Waals surface area (Å²) in [5.41, 5.74) is 2.05. The first-order chi connectivity index (χ1) is 13.7. The van der Waals surface area contributed by atoms with Crippen molar-refractivity contribution in [3.05, 3.63) is 87.9 Å². The molecule has 29 heavy (non-hydrogen) atoms. The third kappa shape index (κ3) is 4.53. The lowest BCUT2D eigenvalue weighted by Crippen LogP contribution is -2.33. The molecule has 0 aromatic heterocycles. The van der Waals surface area contributed by atoms with Gasteiger partial charge in [-0.1, -0.05) is 47.5 Å². The Labute approximate surface area is 181 Å². The van der Waals surface area contributed by atoms with Crippen LogP contribution in [0, 0.1) is 6.92 Å². The first kappa shape index (κ1) is 21.5. The molecule has 152 valence electrons. The van der Waals surface area contributed by atoms with E-state index in [-0.39, 0.29) is 4.90 Å². The summed E-state index contributed by atoms with van der Waals surface area (Å²) < 4.78 is 34.0. The molecule has 1 atom stereocenters. The molecule has 0 aliphatic heterocycles. The molecule has 3 aromatic carbocycles. The quantitative estimate of drug-likeness (QED) is 0.445. The van der Waals surface area contributed by atoms with Crippen LogP contribution in [-0.4, -0.2) is 15.5 Å². The van der Waals surface area contributed by atoms with Crippen LogP contribution in [0.4, 0.5) is 5.69 Å². The highest BCUT2D eigenvalue weighted by Crippen LogP contribution is 2.36. The van der Waals surface area contributed by atoms with Gasteiger partial charge in [-0.3, -0.25) is 4.31 Å². The minimum atomic E-state index is -3.93. The van der Waals surface area contributed by atoms with Crippen molar-refractivity contribution in [3.8, 4) is 5.75 Å². The standard InChI is InChI=1S/C22H21Cl2NO3S/c1-15-10-11-21(14-22(15)24)29(26,27)25(19-8-5-7-18(23)13-19)16(2)17-6-4-9-20(12-17)28-3/h4-14,16H,1-3H3. The van der Waals surface area contributed by atoms with Crippen LogP contribution in [0.5, 0.6) is 5.75 Å². The van der Waals surface area contributed by atoms with Gasteiger partial charge in [0.1, 0.15) is 5.75 Å². The summed E-state index contributed by atoms with van der Waals surface area (Å²) in [6, 6.07) is 18.3. The lowest BCUT2D eigenvalue weighted by molar-refractivity contribution is 0.414. The number of nitrogens with zero attached hydrogens (tertiary/aromatic N) is 1. The van der Waals surface area contributed by atoms with Crippen LogP contribution in [0.1, 0.15) is 24.1 Å². The average molecular weight is 450 g/mol. The SMILES string of the molecule is COc1cccc(C(C)N(c2cccc(Cl)c2)S(=O)(=O)c2ccc(C)c(Cl)c2)c1. The van der Waals surface area contributed by atoms with Crippen molar-refractivity contribution in [2.24, 2.45) is 0 Å². The maximum absolute atomic E-state index is 13.7. The van der Waals surface area contributed by atoms with Crippen molar-refractivity contribution in [2.45, 2.75) is 24.8 Å². The number of ether oxygens (including phenoxy) is 1. The topological polar surface area (TPSA) is 46.6 Å². The maximum atomic E-state index is 13.7. The number of hydrogen-bond donors (Lipinski definition) is 0. The summed E-state index contributed by atoms with van der Waals surface area (Å²) in [4.78, 5) is 0.114. The molecule has 0 heterocycles. The fraction of sp³-hybridized carbons (Fsp3) is 0.182. The van der Waals surface area contributed by atoms with Gasteiger partial charge in [-0.2, -0.15) is 0 Å². The van der Waals surface area contributed by atoms with Gasteiger partial charge >= 0.3 is 0 Å². The zero-order valence-electron chi connectivity index (χ0n) is 16.3. The summed E-state index contributed by atoms with van der Waals surface area (Å²) >= 11 is 12.4. The van der Waals surface area contributed by atoms with Gasteiger partial charge < -0.3 is 4.74 Å². The number of sulfonamides is 1. The third-order valence-corrected chi connectivity index (χ3v) is 7.23. The summed E-state index contributed by atoms with van der Waals surface area (Å²) in [7, 11) is -2.35. The van der Waals surface area contributed by atoms with Crippen molar-refractivity contribution >= 4 is 38.9 Å². The number of hydrogen-bond acceptors (Lipinski definition) is 3. The van der Waals surface area contributed by atoms with Crippen LogP contribution in [0.25, 0.3) is 0 Å². The monoisotopic (exact) mass is 449 g/mol. The van der Waals surface area contributed by atoms with E-state index in [1.807, 2.05) is 38.1 Å². The van der Waals surface area contributed by atoms with Crippen molar-refractivity contribution in [2.75, 3.05) is 11.4 Å². The number of anilines is 1. The Morgan fingerprint density at radius 1 is 0.966 bits per heavy atom. The number of benzene rings is 3. The van der Waals surface area contributed by atoms with Crippen molar-refractivity contribution in [1.82, 2.24) is 0 Å². The second kappa shape index (κ2) is 8.66. The molecule has 0 spiro atoms. The first-order valence-electron chi connectivity index (χ1n) is 8.94. The van der Waals surface area contributed by atoms with Gasteiger partial charge in [-0.15, -0.1) is 0 Å². The molecule has 0 fully saturated rings. The van der Waals surface area contributed by atoms with Gasteiger partial charge in [0.15, 0.2) is 0 Å². The normalized spacial score (nSPS) is 12.4. The van der Waals surface area contributed by atoms with Crippen LogP contribution in [0.15, 0.2) is 71.6 Å². The Bertz CT molecular complexity index is 1130. The summed E-state index contributed by atoms with van der Waals surface area (Å²) in [5.74, 6) is 0.649. The van der Waals surface area contributed by atoms with Gasteiger partial charge in [0.2, 0.25) is 0 Å². The third-order valence-electron chi connectivity index (χ3n) is 4.69. The van der Waals surface area contributed by atoms with E-state index >= 15 is 0 Å². The molecule has 0 N–H and O–H groups in total. The zero-order chi connectivity index (χ0) is 21.2. The Balaban J connectivity index is 2.18. The van der Waals surface area contributed by atoms with Gasteiger partial charge in [0, 0.05) is 10.0 Å². The number of aryl methyl sites for hydroxylation is 1. The predicted octanol–water partition coefficient (Wildman–Crippen LogP) is 6.27. The molecule has 0 saturated heterocycles. The molecule has 3 aromatic rings. The molecule has 0 radical (unpaired) electrons. The molecule has 1 unspecified atom stereocenters. The largest absolute Gasteiger partial charge is 0.497 e. The molecule has 3 rings (SSSR count). The minimum Gasteiger partial charge on any atom is -0.497 e. The smallest absolute Gasteiger partial charge is 0.264 e. The highest BCUT2D eigenvalue weighted by molar-refractivity contribution is 7.92. The molecule has 0 aliphatic carbocycles. The van der Waals surface area contributed by atoms with Gasteiger partial charge in [-0.25, -0.2) is 8.42 Å². The Hall–Kier alpha value is -2.21. The number of halogens is 2. The van der Waals surface area contributed by atoms with E-state index in [9.17, 15) is 8.42 Å². The van der Waals surface area contributed by atoms with E-state index in [0.29, 0.717) is 21.5 Å². The molecule has 0 saturated carbocycles. The maximum Gasteiger partial charge on any atom is 0.264 e. The second-order valence-electron chi connectivity index (χ2n) is 6.64. The van der Waals surface area contributed by atoms with Crippen molar-refractivity contribution < 1.29 is 13.2 Å². The van der Waals surface area contributed by atoms with Gasteiger partial charge in [-0.05, 0) is 67.4 Å². The molecular formula is C22H21Cl2NO3S. The first-order valence-corrected chi connectivity index (χ1v) is 11.1. The fourth-order valence-electron chi connectivity index (χ4n) is 3.07. The van der Waals surface area contributed by atoms with E-state index in [1.54, 1.807) is 43.5 Å². The van der Waals surface area contributed by atoms with E-state index in [1.165, 1.54) is 10.4 Å². The van der Waals surface area contributed by atoms with Gasteiger partial charge in [0.05, 0.1) is 23.7 Å². The lowest BCUT2D eigenvalue weighted by Gasteiger charge is -2.31. The molecule has 0 aliphatic rings. The minimum absolute atomic E-state index is 0.114. The molecule has 7 heteroatoms. The Kier molecular flexibility index (Phi) is 6.42. The highest BCUT2D eigenvalue weighted by atomic mass is 35.5. The van der Waals surface area contributed by atoms with Crippen molar-refractivity contribution in [1.29, 1.82) is 0 Å². The Morgan fingerprint density at radius 2 is 1.69 bits per heavy atom. The van der Waals surface area contributed by atoms with Crippen LogP contribution in [0.2, 0.25) is 10.0 Å². The summed E-state index contributed by atoms with van der Waals surface area (Å²) in [6.07, 6.45) is 0. The van der Waals surface area contributed by atoms with E-state index in [2.05, 4.69) is 0 Å². The molecule has 4 nitrogen and oxygen atoms in total. The second-order valence-corrected chi connectivity index (χ2v) is 9.30. The number of rotatable bonds is 6. The van der Waals surface area contributed by atoms with E-state index < -0.39 is 16.1 Å². The Morgan fingerprint density at radius 3 is 2.34 bits per heavy atom. The predicted molar refractivity (Wildman–Crippen MR) is 119 cm³/mol.